The highest BCUT2D eigenvalue weighted by molar-refractivity contribution is 7.92. The zero-order chi connectivity index (χ0) is 29.1. The number of benzene rings is 3. The van der Waals surface area contributed by atoms with Crippen molar-refractivity contribution < 1.29 is 31.1 Å². The fourth-order valence-electron chi connectivity index (χ4n) is 4.24. The summed E-state index contributed by atoms with van der Waals surface area (Å²) in [5.41, 5.74) is 1.79. The van der Waals surface area contributed by atoms with E-state index in [0.717, 1.165) is 9.87 Å². The summed E-state index contributed by atoms with van der Waals surface area (Å²) in [6, 6.07) is 15.1. The molecule has 1 saturated heterocycles. The lowest BCUT2D eigenvalue weighted by Gasteiger charge is -2.27. The fraction of sp³-hybridized carbons (Fsp3) is 0.296. The van der Waals surface area contributed by atoms with E-state index in [1.165, 1.54) is 47.8 Å². The second-order valence-electron chi connectivity index (χ2n) is 9.18. The minimum atomic E-state index is -4.17. The Balaban J connectivity index is 1.68. The number of sulfonamides is 2. The molecule has 3 aromatic rings. The zero-order valence-electron chi connectivity index (χ0n) is 22.3. The van der Waals surface area contributed by atoms with E-state index >= 15 is 0 Å². The number of nitrogens with one attached hydrogen (secondary N) is 1. The first kappa shape index (κ1) is 29.8. The van der Waals surface area contributed by atoms with Crippen LogP contribution in [0.4, 0.5) is 11.4 Å². The molecule has 4 rings (SSSR count). The lowest BCUT2D eigenvalue weighted by atomic mass is 10.2. The normalized spacial score (nSPS) is 14.5. The van der Waals surface area contributed by atoms with Gasteiger partial charge in [-0.1, -0.05) is 29.3 Å². The first-order valence-electron chi connectivity index (χ1n) is 12.3. The Hall–Kier alpha value is -3.16. The molecule has 0 aliphatic carbocycles. The van der Waals surface area contributed by atoms with E-state index in [2.05, 4.69) is 5.32 Å². The summed E-state index contributed by atoms with van der Waals surface area (Å²) in [5.74, 6) is -0.492. The van der Waals surface area contributed by atoms with Crippen molar-refractivity contribution in [3.63, 3.8) is 0 Å². The number of hydrogen-bond donors (Lipinski definition) is 1. The molecule has 3 aromatic carbocycles. The Labute approximate surface area is 239 Å². The molecule has 1 amide bonds. The Kier molecular flexibility index (Phi) is 9.06. The van der Waals surface area contributed by atoms with Crippen LogP contribution in [0.3, 0.4) is 0 Å². The highest BCUT2D eigenvalue weighted by Gasteiger charge is 2.30. The van der Waals surface area contributed by atoms with Crippen LogP contribution in [-0.4, -0.2) is 67.0 Å². The Morgan fingerprint density at radius 1 is 0.975 bits per heavy atom. The van der Waals surface area contributed by atoms with Crippen molar-refractivity contribution >= 4 is 48.9 Å². The van der Waals surface area contributed by atoms with E-state index in [1.807, 2.05) is 6.92 Å². The molecule has 13 heteroatoms. The minimum Gasteiger partial charge on any atom is -0.495 e. The van der Waals surface area contributed by atoms with E-state index in [0.29, 0.717) is 10.6 Å². The van der Waals surface area contributed by atoms with Gasteiger partial charge in [0.1, 0.15) is 12.3 Å². The number of nitrogens with zero attached hydrogens (tertiary/aromatic N) is 2. The standard InChI is InChI=1S/C27H30ClN3O7S2/c1-19-4-7-22(8-5-19)40(35,36)31(25-10-6-21(28)16-20(25)2)18-27(32)29-24-17-23(9-11-26(24)37-3)39(33,34)30-12-14-38-15-13-30/h4-11,16-17H,12-15,18H2,1-3H3,(H,29,32). The Bertz CT molecular complexity index is 1610. The molecule has 1 N–H and O–H groups in total. The predicted octanol–water partition coefficient (Wildman–Crippen LogP) is 3.82. The minimum absolute atomic E-state index is 0.0106. The zero-order valence-corrected chi connectivity index (χ0v) is 24.6. The van der Waals surface area contributed by atoms with Crippen molar-refractivity contribution in [3.05, 3.63) is 76.8 Å². The van der Waals surface area contributed by atoms with Crippen LogP contribution in [0.1, 0.15) is 11.1 Å². The molecule has 1 aliphatic heterocycles. The van der Waals surface area contributed by atoms with E-state index in [9.17, 15) is 21.6 Å². The number of hydrogen-bond acceptors (Lipinski definition) is 7. The largest absolute Gasteiger partial charge is 0.495 e. The average molecular weight is 608 g/mol. The second kappa shape index (κ2) is 12.1. The third kappa shape index (κ3) is 6.42. The number of carbonyl (C=O) groups is 1. The number of halogens is 1. The monoisotopic (exact) mass is 607 g/mol. The van der Waals surface area contributed by atoms with Gasteiger partial charge in [0, 0.05) is 18.1 Å². The van der Waals surface area contributed by atoms with Crippen molar-refractivity contribution in [2.45, 2.75) is 23.6 Å². The van der Waals surface area contributed by atoms with Crippen molar-refractivity contribution in [2.24, 2.45) is 0 Å². The molecule has 0 atom stereocenters. The van der Waals surface area contributed by atoms with E-state index < -0.39 is 32.5 Å². The quantitative estimate of drug-likeness (QED) is 0.392. The van der Waals surface area contributed by atoms with Crippen LogP contribution in [0.5, 0.6) is 5.75 Å². The molecule has 0 unspecified atom stereocenters. The van der Waals surface area contributed by atoms with Crippen LogP contribution in [0.2, 0.25) is 5.02 Å². The molecule has 1 aliphatic rings. The molecule has 0 bridgehead atoms. The third-order valence-corrected chi connectivity index (χ3v) is 10.3. The van der Waals surface area contributed by atoms with Gasteiger partial charge in [-0.3, -0.25) is 9.10 Å². The predicted molar refractivity (Wildman–Crippen MR) is 153 cm³/mol. The Morgan fingerprint density at radius 3 is 2.25 bits per heavy atom. The lowest BCUT2D eigenvalue weighted by Crippen LogP contribution is -2.40. The molecule has 0 aromatic heterocycles. The maximum Gasteiger partial charge on any atom is 0.264 e. The van der Waals surface area contributed by atoms with Crippen LogP contribution in [0.15, 0.2) is 70.5 Å². The van der Waals surface area contributed by atoms with Crippen molar-refractivity contribution in [1.29, 1.82) is 0 Å². The summed E-state index contributed by atoms with van der Waals surface area (Å²) < 4.78 is 66.8. The molecule has 1 fully saturated rings. The van der Waals surface area contributed by atoms with Crippen LogP contribution in [0, 0.1) is 13.8 Å². The summed E-state index contributed by atoms with van der Waals surface area (Å²) >= 11 is 6.10. The van der Waals surface area contributed by atoms with Gasteiger partial charge >= 0.3 is 0 Å². The number of aryl methyl sites for hydroxylation is 2. The third-order valence-electron chi connectivity index (χ3n) is 6.38. The summed E-state index contributed by atoms with van der Waals surface area (Å²) in [4.78, 5) is 13.3. The lowest BCUT2D eigenvalue weighted by molar-refractivity contribution is -0.114. The van der Waals surface area contributed by atoms with E-state index in [-0.39, 0.29) is 53.2 Å². The summed E-state index contributed by atoms with van der Waals surface area (Å²) in [6.45, 7) is 3.93. The summed E-state index contributed by atoms with van der Waals surface area (Å²) in [5, 5.41) is 3.05. The van der Waals surface area contributed by atoms with Crippen LogP contribution in [-0.2, 0) is 29.6 Å². The number of methoxy groups -OCH3 is 1. The summed E-state index contributed by atoms with van der Waals surface area (Å²) in [7, 11) is -6.65. The van der Waals surface area contributed by atoms with Crippen molar-refractivity contribution in [3.8, 4) is 5.75 Å². The van der Waals surface area contributed by atoms with Crippen molar-refractivity contribution in [2.75, 3.05) is 49.6 Å². The number of anilines is 2. The summed E-state index contributed by atoms with van der Waals surface area (Å²) in [6.07, 6.45) is 0. The van der Waals surface area contributed by atoms with Crippen LogP contribution >= 0.6 is 11.6 Å². The second-order valence-corrected chi connectivity index (χ2v) is 13.4. The van der Waals surface area contributed by atoms with Crippen LogP contribution in [0.25, 0.3) is 0 Å². The number of carbonyl (C=O) groups excluding carboxylic acids is 1. The van der Waals surface area contributed by atoms with E-state index in [1.54, 1.807) is 31.2 Å². The van der Waals surface area contributed by atoms with Gasteiger partial charge in [0.25, 0.3) is 10.0 Å². The smallest absolute Gasteiger partial charge is 0.264 e. The topological polar surface area (TPSA) is 122 Å². The van der Waals surface area contributed by atoms with E-state index in [4.69, 9.17) is 21.1 Å². The molecule has 0 spiro atoms. The van der Waals surface area contributed by atoms with Gasteiger partial charge in [-0.25, -0.2) is 16.8 Å². The van der Waals surface area contributed by atoms with Gasteiger partial charge in [0.05, 0.1) is 41.5 Å². The first-order chi connectivity index (χ1) is 18.9. The molecular weight excluding hydrogens is 578 g/mol. The van der Waals surface area contributed by atoms with Crippen LogP contribution < -0.4 is 14.4 Å². The molecule has 0 radical (unpaired) electrons. The van der Waals surface area contributed by atoms with Gasteiger partial charge in [0.2, 0.25) is 15.9 Å². The number of morpholine rings is 1. The van der Waals surface area contributed by atoms with Gasteiger partial charge in [0.15, 0.2) is 0 Å². The number of ether oxygens (including phenoxy) is 2. The van der Waals surface area contributed by atoms with Crippen molar-refractivity contribution in [1.82, 2.24) is 4.31 Å². The molecule has 214 valence electrons. The van der Waals surface area contributed by atoms with Gasteiger partial charge in [-0.05, 0) is 67.9 Å². The average Bonchev–Trinajstić information content (AvgIpc) is 2.92. The molecular formula is C27H30ClN3O7S2. The number of amides is 1. The van der Waals surface area contributed by atoms with Gasteiger partial charge in [-0.2, -0.15) is 4.31 Å². The van der Waals surface area contributed by atoms with Gasteiger partial charge < -0.3 is 14.8 Å². The van der Waals surface area contributed by atoms with Gasteiger partial charge in [-0.15, -0.1) is 0 Å². The molecule has 40 heavy (non-hydrogen) atoms. The number of rotatable bonds is 9. The SMILES string of the molecule is COc1ccc(S(=O)(=O)N2CCOCC2)cc1NC(=O)CN(c1ccc(Cl)cc1C)S(=O)(=O)c1ccc(C)cc1. The molecule has 0 saturated carbocycles. The molecule has 10 nitrogen and oxygen atoms in total. The molecule has 1 heterocycles. The first-order valence-corrected chi connectivity index (χ1v) is 15.6. The highest BCUT2D eigenvalue weighted by atomic mass is 35.5. The fourth-order valence-corrected chi connectivity index (χ4v) is 7.38. The Morgan fingerprint density at radius 2 is 1.62 bits per heavy atom. The highest BCUT2D eigenvalue weighted by Crippen LogP contribution is 2.31. The maximum atomic E-state index is 13.7. The maximum absolute atomic E-state index is 13.7.